The van der Waals surface area contributed by atoms with Crippen LogP contribution in [0.5, 0.6) is 23.0 Å². The van der Waals surface area contributed by atoms with E-state index in [1.54, 1.807) is 35.2 Å². The Kier molecular flexibility index (Phi) is 8.44. The lowest BCUT2D eigenvalue weighted by atomic mass is 10.2. The molecule has 37 heavy (non-hydrogen) atoms. The lowest BCUT2D eigenvalue weighted by Gasteiger charge is -2.22. The van der Waals surface area contributed by atoms with Gasteiger partial charge in [0.25, 0.3) is 11.8 Å². The number of nitrogens with zero attached hydrogens (tertiary/aromatic N) is 1. The van der Waals surface area contributed by atoms with Crippen molar-refractivity contribution in [3.8, 4) is 23.0 Å². The molecule has 0 unspecified atom stereocenters. The van der Waals surface area contributed by atoms with Crippen LogP contribution in [0.1, 0.15) is 27.3 Å². The van der Waals surface area contributed by atoms with Gasteiger partial charge < -0.3 is 28.8 Å². The standard InChI is InChI=1S/C29H28N2O6/c1-34-25-18-21(19-26(20-25)35-2)28(32)30-15-7-16-31(29(33)27-10-6-17-36-27)22-11-13-24(14-12-22)37-23-8-4-3-5-9-23/h3-6,8-14,17-20H,7,15-16H2,1-2H3,(H,30,32). The van der Waals surface area contributed by atoms with Crippen molar-refractivity contribution in [2.45, 2.75) is 6.42 Å². The first-order chi connectivity index (χ1) is 18.1. The van der Waals surface area contributed by atoms with E-state index in [1.807, 2.05) is 54.6 Å². The Labute approximate surface area is 215 Å². The zero-order valence-electron chi connectivity index (χ0n) is 20.7. The summed E-state index contributed by atoms with van der Waals surface area (Å²) in [5.74, 6) is 2.13. The van der Waals surface area contributed by atoms with Crippen LogP contribution in [0, 0.1) is 0 Å². The van der Waals surface area contributed by atoms with Crippen molar-refractivity contribution in [3.05, 3.63) is 103 Å². The summed E-state index contributed by atoms with van der Waals surface area (Å²) in [7, 11) is 3.06. The van der Waals surface area contributed by atoms with Crippen molar-refractivity contribution in [3.63, 3.8) is 0 Å². The van der Waals surface area contributed by atoms with E-state index in [-0.39, 0.29) is 17.6 Å². The summed E-state index contributed by atoms with van der Waals surface area (Å²) in [5, 5.41) is 2.89. The van der Waals surface area contributed by atoms with Gasteiger partial charge in [0.2, 0.25) is 0 Å². The lowest BCUT2D eigenvalue weighted by Crippen LogP contribution is -2.34. The van der Waals surface area contributed by atoms with Crippen molar-refractivity contribution in [1.29, 1.82) is 0 Å². The number of anilines is 1. The summed E-state index contributed by atoms with van der Waals surface area (Å²) >= 11 is 0. The molecule has 0 saturated carbocycles. The number of ether oxygens (including phenoxy) is 3. The van der Waals surface area contributed by atoms with E-state index in [0.717, 1.165) is 5.75 Å². The molecule has 0 atom stereocenters. The summed E-state index contributed by atoms with van der Waals surface area (Å²) in [5.41, 5.74) is 1.11. The van der Waals surface area contributed by atoms with Crippen LogP contribution in [-0.4, -0.2) is 39.1 Å². The molecule has 8 heteroatoms. The Hall–Kier alpha value is -4.72. The van der Waals surface area contributed by atoms with Gasteiger partial charge in [-0.15, -0.1) is 0 Å². The second kappa shape index (κ2) is 12.3. The first-order valence-electron chi connectivity index (χ1n) is 11.8. The number of rotatable bonds is 11. The molecule has 1 heterocycles. The predicted octanol–water partition coefficient (Wildman–Crippen LogP) is 5.56. The molecule has 0 saturated heterocycles. The van der Waals surface area contributed by atoms with Crippen LogP contribution in [0.3, 0.4) is 0 Å². The van der Waals surface area contributed by atoms with Crippen LogP contribution in [-0.2, 0) is 0 Å². The van der Waals surface area contributed by atoms with E-state index >= 15 is 0 Å². The lowest BCUT2D eigenvalue weighted by molar-refractivity contribution is 0.0952. The molecule has 8 nitrogen and oxygen atoms in total. The van der Waals surface area contributed by atoms with Crippen molar-refractivity contribution >= 4 is 17.5 Å². The molecule has 1 N–H and O–H groups in total. The maximum atomic E-state index is 13.2. The van der Waals surface area contributed by atoms with Crippen LogP contribution >= 0.6 is 0 Å². The molecule has 0 bridgehead atoms. The SMILES string of the molecule is COc1cc(OC)cc(C(=O)NCCCN(C(=O)c2ccco2)c2ccc(Oc3ccccc3)cc2)c1. The van der Waals surface area contributed by atoms with E-state index < -0.39 is 0 Å². The average Bonchev–Trinajstić information content (AvgIpc) is 3.49. The summed E-state index contributed by atoms with van der Waals surface area (Å²) in [6, 6.07) is 25.0. The van der Waals surface area contributed by atoms with Gasteiger partial charge in [-0.3, -0.25) is 9.59 Å². The molecular weight excluding hydrogens is 472 g/mol. The van der Waals surface area contributed by atoms with Gasteiger partial charge in [-0.1, -0.05) is 18.2 Å². The highest BCUT2D eigenvalue weighted by molar-refractivity contribution is 6.04. The van der Waals surface area contributed by atoms with Gasteiger partial charge in [0.15, 0.2) is 5.76 Å². The maximum absolute atomic E-state index is 13.2. The molecule has 0 aliphatic heterocycles. The van der Waals surface area contributed by atoms with Crippen LogP contribution in [0.15, 0.2) is 95.6 Å². The number of benzene rings is 3. The quantitative estimate of drug-likeness (QED) is 0.271. The fraction of sp³-hybridized carbons (Fsp3) is 0.172. The van der Waals surface area contributed by atoms with Crippen LogP contribution in [0.25, 0.3) is 0 Å². The van der Waals surface area contributed by atoms with Crippen LogP contribution < -0.4 is 24.4 Å². The molecule has 0 spiro atoms. The number of hydrogen-bond donors (Lipinski definition) is 1. The normalized spacial score (nSPS) is 10.4. The topological polar surface area (TPSA) is 90.2 Å². The number of amides is 2. The molecule has 190 valence electrons. The molecule has 0 aliphatic rings. The summed E-state index contributed by atoms with van der Waals surface area (Å²) in [4.78, 5) is 27.4. The average molecular weight is 501 g/mol. The molecule has 0 radical (unpaired) electrons. The first kappa shape index (κ1) is 25.4. The zero-order valence-corrected chi connectivity index (χ0v) is 20.7. The largest absolute Gasteiger partial charge is 0.497 e. The Morgan fingerprint density at radius 1 is 0.811 bits per heavy atom. The predicted molar refractivity (Wildman–Crippen MR) is 140 cm³/mol. The van der Waals surface area contributed by atoms with Crippen molar-refractivity contribution < 1.29 is 28.2 Å². The van der Waals surface area contributed by atoms with E-state index in [2.05, 4.69) is 5.32 Å². The van der Waals surface area contributed by atoms with E-state index in [0.29, 0.717) is 48.0 Å². The van der Waals surface area contributed by atoms with Gasteiger partial charge in [0.1, 0.15) is 23.0 Å². The third kappa shape index (κ3) is 6.70. The third-order valence-electron chi connectivity index (χ3n) is 5.56. The number of furan rings is 1. The molecule has 4 aromatic rings. The molecule has 1 aromatic heterocycles. The molecule has 3 aromatic carbocycles. The fourth-order valence-corrected chi connectivity index (χ4v) is 3.68. The first-order valence-corrected chi connectivity index (χ1v) is 11.8. The summed E-state index contributed by atoms with van der Waals surface area (Å²) in [6.07, 6.45) is 1.98. The van der Waals surface area contributed by atoms with Gasteiger partial charge in [-0.2, -0.15) is 0 Å². The highest BCUT2D eigenvalue weighted by Gasteiger charge is 2.20. The van der Waals surface area contributed by atoms with E-state index in [4.69, 9.17) is 18.6 Å². The fourth-order valence-electron chi connectivity index (χ4n) is 3.68. The van der Waals surface area contributed by atoms with Crippen molar-refractivity contribution in [2.75, 3.05) is 32.2 Å². The minimum absolute atomic E-state index is 0.233. The van der Waals surface area contributed by atoms with Gasteiger partial charge in [-0.05, 0) is 67.1 Å². The van der Waals surface area contributed by atoms with Crippen molar-refractivity contribution in [1.82, 2.24) is 5.32 Å². The Balaban J connectivity index is 1.41. The van der Waals surface area contributed by atoms with Gasteiger partial charge >= 0.3 is 0 Å². The zero-order chi connectivity index (χ0) is 26.0. The minimum Gasteiger partial charge on any atom is -0.497 e. The minimum atomic E-state index is -0.273. The van der Waals surface area contributed by atoms with Gasteiger partial charge in [-0.25, -0.2) is 0 Å². The Morgan fingerprint density at radius 2 is 1.49 bits per heavy atom. The number of hydrogen-bond acceptors (Lipinski definition) is 6. The number of carbonyl (C=O) groups excluding carboxylic acids is 2. The monoisotopic (exact) mass is 500 g/mol. The van der Waals surface area contributed by atoms with E-state index in [1.165, 1.54) is 20.5 Å². The smallest absolute Gasteiger partial charge is 0.293 e. The third-order valence-corrected chi connectivity index (χ3v) is 5.56. The number of nitrogens with one attached hydrogen (secondary N) is 1. The Bertz CT molecular complexity index is 1280. The van der Waals surface area contributed by atoms with Crippen LogP contribution in [0.2, 0.25) is 0 Å². The summed E-state index contributed by atoms with van der Waals surface area (Å²) < 4.78 is 21.7. The van der Waals surface area contributed by atoms with Crippen molar-refractivity contribution in [2.24, 2.45) is 0 Å². The number of methoxy groups -OCH3 is 2. The highest BCUT2D eigenvalue weighted by Crippen LogP contribution is 2.26. The van der Waals surface area contributed by atoms with Crippen LogP contribution in [0.4, 0.5) is 5.69 Å². The van der Waals surface area contributed by atoms with Gasteiger partial charge in [0.05, 0.1) is 20.5 Å². The second-order valence-electron chi connectivity index (χ2n) is 8.05. The molecular formula is C29H28N2O6. The van der Waals surface area contributed by atoms with E-state index in [9.17, 15) is 9.59 Å². The molecule has 4 rings (SSSR count). The summed E-state index contributed by atoms with van der Waals surface area (Å²) in [6.45, 7) is 0.718. The molecule has 0 fully saturated rings. The second-order valence-corrected chi connectivity index (χ2v) is 8.05. The Morgan fingerprint density at radius 3 is 2.11 bits per heavy atom. The number of carbonyl (C=O) groups is 2. The highest BCUT2D eigenvalue weighted by atomic mass is 16.5. The molecule has 2 amide bonds. The maximum Gasteiger partial charge on any atom is 0.293 e. The molecule has 0 aliphatic carbocycles. The van der Waals surface area contributed by atoms with Gasteiger partial charge in [0, 0.05) is 30.4 Å². The number of para-hydroxylation sites is 1.